The number of carbonyl (C=O) groups excluding carboxylic acids is 3. The van der Waals surface area contributed by atoms with Gasteiger partial charge in [-0.05, 0) is 81.0 Å². The second-order valence-electron chi connectivity index (χ2n) is 10.7. The molecular formula is C30H37ClN4O3. The van der Waals surface area contributed by atoms with Crippen LogP contribution in [0.2, 0.25) is 5.02 Å². The van der Waals surface area contributed by atoms with Gasteiger partial charge >= 0.3 is 0 Å². The molecule has 7 nitrogen and oxygen atoms in total. The van der Waals surface area contributed by atoms with Crippen LogP contribution in [0.3, 0.4) is 0 Å². The van der Waals surface area contributed by atoms with Crippen LogP contribution >= 0.6 is 11.6 Å². The quantitative estimate of drug-likeness (QED) is 0.551. The minimum atomic E-state index is -0.248. The molecule has 0 radical (unpaired) electrons. The molecule has 2 aromatic rings. The predicted octanol–water partition coefficient (Wildman–Crippen LogP) is 5.45. The molecule has 3 fully saturated rings. The lowest BCUT2D eigenvalue weighted by Gasteiger charge is -2.31. The first-order valence-electron chi connectivity index (χ1n) is 14.0. The molecule has 3 amide bonds. The Hall–Kier alpha value is -3.06. The number of halogens is 1. The van der Waals surface area contributed by atoms with E-state index < -0.39 is 0 Å². The van der Waals surface area contributed by atoms with Crippen molar-refractivity contribution in [2.24, 2.45) is 5.92 Å². The van der Waals surface area contributed by atoms with Crippen molar-refractivity contribution in [1.82, 2.24) is 9.80 Å². The zero-order valence-corrected chi connectivity index (χ0v) is 22.7. The topological polar surface area (TPSA) is 73.0 Å². The Kier molecular flexibility index (Phi) is 8.52. The molecule has 0 bridgehead atoms. The van der Waals surface area contributed by atoms with Gasteiger partial charge in [0.25, 0.3) is 11.8 Å². The highest BCUT2D eigenvalue weighted by Crippen LogP contribution is 2.30. The van der Waals surface area contributed by atoms with Crippen LogP contribution in [0.1, 0.15) is 72.1 Å². The second-order valence-corrected chi connectivity index (χ2v) is 11.1. The fourth-order valence-electron chi connectivity index (χ4n) is 5.94. The third-order valence-corrected chi connectivity index (χ3v) is 8.34. The summed E-state index contributed by atoms with van der Waals surface area (Å²) >= 11 is 5.97. The second kappa shape index (κ2) is 12.2. The summed E-state index contributed by atoms with van der Waals surface area (Å²) in [6.07, 6.45) is 8.35. The van der Waals surface area contributed by atoms with Gasteiger partial charge < -0.3 is 20.0 Å². The van der Waals surface area contributed by atoms with Crippen molar-refractivity contribution < 1.29 is 14.4 Å². The number of likely N-dealkylation sites (tertiary alicyclic amines) is 1. The van der Waals surface area contributed by atoms with E-state index in [0.29, 0.717) is 40.8 Å². The minimum absolute atomic E-state index is 0.00502. The molecule has 1 N–H and O–H groups in total. The van der Waals surface area contributed by atoms with E-state index in [0.717, 1.165) is 83.2 Å². The van der Waals surface area contributed by atoms with Gasteiger partial charge in [-0.2, -0.15) is 0 Å². The van der Waals surface area contributed by atoms with Gasteiger partial charge in [0.2, 0.25) is 5.91 Å². The fraction of sp³-hybridized carbons (Fsp3) is 0.500. The number of anilines is 2. The Balaban J connectivity index is 1.36. The number of nitrogens with zero attached hydrogens (tertiary/aromatic N) is 3. The van der Waals surface area contributed by atoms with Gasteiger partial charge in [-0.1, -0.05) is 24.4 Å². The molecule has 1 aliphatic carbocycles. The summed E-state index contributed by atoms with van der Waals surface area (Å²) in [7, 11) is 0. The summed E-state index contributed by atoms with van der Waals surface area (Å²) in [5.41, 5.74) is 2.57. The first kappa shape index (κ1) is 26.5. The molecule has 38 heavy (non-hydrogen) atoms. The van der Waals surface area contributed by atoms with Crippen molar-refractivity contribution in [2.45, 2.75) is 51.4 Å². The Bertz CT molecular complexity index is 1160. The van der Waals surface area contributed by atoms with Crippen LogP contribution in [-0.2, 0) is 4.79 Å². The lowest BCUT2D eigenvalue weighted by Crippen LogP contribution is -2.39. The van der Waals surface area contributed by atoms with E-state index in [1.807, 2.05) is 28.0 Å². The standard InChI is InChI=1S/C30H37ClN4O3/c31-24-11-9-22(10-12-24)28(36)32-25-13-14-27(26(21-25)30(38)34-15-4-1-5-16-34)33-17-6-18-35(20-19-33)29(37)23-7-2-3-8-23/h9-14,21,23H,1-8,15-20H2,(H,32,36). The highest BCUT2D eigenvalue weighted by atomic mass is 35.5. The Labute approximate surface area is 230 Å². The van der Waals surface area contributed by atoms with E-state index in [1.165, 1.54) is 0 Å². The lowest BCUT2D eigenvalue weighted by molar-refractivity contribution is -0.135. The van der Waals surface area contributed by atoms with Gasteiger partial charge in [0.1, 0.15) is 0 Å². The number of nitrogens with one attached hydrogen (secondary N) is 1. The molecule has 0 aromatic heterocycles. The van der Waals surface area contributed by atoms with E-state index in [-0.39, 0.29) is 17.7 Å². The maximum absolute atomic E-state index is 13.7. The third-order valence-electron chi connectivity index (χ3n) is 8.09. The summed E-state index contributed by atoms with van der Waals surface area (Å²) in [5, 5.41) is 3.52. The van der Waals surface area contributed by atoms with Crippen molar-refractivity contribution in [3.05, 3.63) is 58.6 Å². The normalized spacial score (nSPS) is 18.8. The predicted molar refractivity (Wildman–Crippen MR) is 151 cm³/mol. The van der Waals surface area contributed by atoms with Crippen LogP contribution < -0.4 is 10.2 Å². The summed E-state index contributed by atoms with van der Waals surface area (Å²) in [6, 6.07) is 12.4. The van der Waals surface area contributed by atoms with Gasteiger partial charge in [-0.3, -0.25) is 14.4 Å². The number of benzene rings is 2. The first-order chi connectivity index (χ1) is 18.5. The number of hydrogen-bond donors (Lipinski definition) is 1. The van der Waals surface area contributed by atoms with Gasteiger partial charge in [0.15, 0.2) is 0 Å². The molecule has 0 spiro atoms. The molecule has 202 valence electrons. The summed E-state index contributed by atoms with van der Waals surface area (Å²) in [6.45, 7) is 4.41. The Morgan fingerprint density at radius 3 is 2.18 bits per heavy atom. The molecule has 2 aliphatic heterocycles. The van der Waals surface area contributed by atoms with Crippen LogP contribution in [0, 0.1) is 5.92 Å². The number of amides is 3. The zero-order chi connectivity index (χ0) is 26.5. The largest absolute Gasteiger partial charge is 0.369 e. The van der Waals surface area contributed by atoms with E-state index in [2.05, 4.69) is 10.2 Å². The van der Waals surface area contributed by atoms with Crippen molar-refractivity contribution in [3.63, 3.8) is 0 Å². The van der Waals surface area contributed by atoms with Gasteiger partial charge in [-0.25, -0.2) is 0 Å². The maximum atomic E-state index is 13.7. The minimum Gasteiger partial charge on any atom is -0.369 e. The monoisotopic (exact) mass is 536 g/mol. The summed E-state index contributed by atoms with van der Waals surface area (Å²) in [4.78, 5) is 45.9. The van der Waals surface area contributed by atoms with Crippen molar-refractivity contribution in [1.29, 1.82) is 0 Å². The van der Waals surface area contributed by atoms with Crippen LogP contribution in [-0.4, -0.2) is 66.8 Å². The molecule has 0 atom stereocenters. The molecule has 8 heteroatoms. The van der Waals surface area contributed by atoms with Gasteiger partial charge in [0.05, 0.1) is 5.56 Å². The van der Waals surface area contributed by atoms with Gasteiger partial charge in [0, 0.05) is 67.1 Å². The van der Waals surface area contributed by atoms with Crippen LogP contribution in [0.5, 0.6) is 0 Å². The van der Waals surface area contributed by atoms with E-state index in [9.17, 15) is 14.4 Å². The summed E-state index contributed by atoms with van der Waals surface area (Å²) < 4.78 is 0. The first-order valence-corrected chi connectivity index (χ1v) is 14.4. The fourth-order valence-corrected chi connectivity index (χ4v) is 6.07. The molecule has 0 unspecified atom stereocenters. The molecule has 2 saturated heterocycles. The number of hydrogen-bond acceptors (Lipinski definition) is 4. The lowest BCUT2D eigenvalue weighted by atomic mass is 10.1. The summed E-state index contributed by atoms with van der Waals surface area (Å²) in [5.74, 6) is 0.239. The van der Waals surface area contributed by atoms with E-state index in [1.54, 1.807) is 24.3 Å². The van der Waals surface area contributed by atoms with Gasteiger partial charge in [-0.15, -0.1) is 0 Å². The average Bonchev–Trinajstić information content (AvgIpc) is 3.38. The molecule has 3 aliphatic rings. The average molecular weight is 537 g/mol. The van der Waals surface area contributed by atoms with Crippen LogP contribution in [0.15, 0.2) is 42.5 Å². The molecule has 2 heterocycles. The smallest absolute Gasteiger partial charge is 0.256 e. The maximum Gasteiger partial charge on any atom is 0.256 e. The van der Waals surface area contributed by atoms with E-state index in [4.69, 9.17) is 11.6 Å². The van der Waals surface area contributed by atoms with E-state index >= 15 is 0 Å². The zero-order valence-electron chi connectivity index (χ0n) is 22.0. The van der Waals surface area contributed by atoms with Crippen molar-refractivity contribution in [3.8, 4) is 0 Å². The Morgan fingerprint density at radius 2 is 1.45 bits per heavy atom. The Morgan fingerprint density at radius 1 is 0.737 bits per heavy atom. The molecular weight excluding hydrogens is 500 g/mol. The SMILES string of the molecule is O=C(Nc1ccc(N2CCCN(C(=O)C3CCCC3)CC2)c(C(=O)N2CCCCC2)c1)c1ccc(Cl)cc1. The molecule has 1 saturated carbocycles. The number of piperidine rings is 1. The molecule has 5 rings (SSSR count). The third kappa shape index (κ3) is 6.15. The number of carbonyl (C=O) groups is 3. The highest BCUT2D eigenvalue weighted by molar-refractivity contribution is 6.30. The number of rotatable bonds is 5. The van der Waals surface area contributed by atoms with Crippen LogP contribution in [0.25, 0.3) is 0 Å². The highest BCUT2D eigenvalue weighted by Gasteiger charge is 2.30. The van der Waals surface area contributed by atoms with Crippen LogP contribution in [0.4, 0.5) is 11.4 Å². The molecule has 2 aromatic carbocycles. The van der Waals surface area contributed by atoms with Crippen molar-refractivity contribution >= 4 is 40.7 Å². The van der Waals surface area contributed by atoms with Crippen molar-refractivity contribution in [2.75, 3.05) is 49.5 Å².